The van der Waals surface area contributed by atoms with Crippen LogP contribution >= 0.6 is 0 Å². The van der Waals surface area contributed by atoms with Gasteiger partial charge in [0.1, 0.15) is 11.6 Å². The quantitative estimate of drug-likeness (QED) is 0.805. The Morgan fingerprint density at radius 3 is 2.70 bits per heavy atom. The van der Waals surface area contributed by atoms with Gasteiger partial charge in [-0.05, 0) is 55.3 Å². The number of nitrogens with one attached hydrogen (secondary N) is 1. The van der Waals surface area contributed by atoms with Crippen molar-refractivity contribution in [3.8, 4) is 0 Å². The lowest BCUT2D eigenvalue weighted by molar-refractivity contribution is 0.0954. The highest BCUT2D eigenvalue weighted by Gasteiger charge is 2.07. The van der Waals surface area contributed by atoms with Crippen LogP contribution in [0, 0.1) is 12.7 Å². The Morgan fingerprint density at radius 2 is 1.96 bits per heavy atom. The third kappa shape index (κ3) is 3.23. The number of hydrogen-bond acceptors (Lipinski definition) is 2. The largest absolute Gasteiger partial charge is 0.352 e. The number of carbonyl (C=O) groups excluding carboxylic acids is 1. The van der Waals surface area contributed by atoms with Gasteiger partial charge in [-0.25, -0.2) is 9.37 Å². The number of aromatic nitrogens is 2. The first-order valence-corrected chi connectivity index (χ1v) is 7.50. The summed E-state index contributed by atoms with van der Waals surface area (Å²) in [6.07, 6.45) is 0.721. The van der Waals surface area contributed by atoms with Crippen molar-refractivity contribution in [2.45, 2.75) is 13.3 Å². The van der Waals surface area contributed by atoms with E-state index in [4.69, 9.17) is 0 Å². The molecule has 118 valence electrons. The van der Waals surface area contributed by atoms with Gasteiger partial charge in [-0.15, -0.1) is 0 Å². The molecule has 0 saturated heterocycles. The minimum Gasteiger partial charge on any atom is -0.352 e. The first-order valence-electron chi connectivity index (χ1n) is 7.50. The molecule has 1 amide bonds. The molecule has 1 N–H and O–H groups in total. The monoisotopic (exact) mass is 311 g/mol. The summed E-state index contributed by atoms with van der Waals surface area (Å²) < 4.78 is 14.9. The summed E-state index contributed by atoms with van der Waals surface area (Å²) in [5.41, 5.74) is 3.64. The molecule has 0 bridgehead atoms. The number of halogens is 1. The highest BCUT2D eigenvalue weighted by atomic mass is 19.1. The maximum atomic E-state index is 12.8. The molecule has 5 heteroatoms. The number of fused-ring (bicyclic) bond motifs is 1. The van der Waals surface area contributed by atoms with Crippen molar-refractivity contribution in [1.82, 2.24) is 14.9 Å². The Kier molecular flexibility index (Phi) is 4.10. The summed E-state index contributed by atoms with van der Waals surface area (Å²) in [5.74, 6) is 0.432. The molecule has 3 aromatic rings. The number of imidazole rings is 1. The maximum Gasteiger partial charge on any atom is 0.251 e. The summed E-state index contributed by atoms with van der Waals surface area (Å²) in [4.78, 5) is 16.5. The minimum atomic E-state index is -0.347. The molecule has 0 aliphatic rings. The zero-order chi connectivity index (χ0) is 16.4. The number of rotatable bonds is 4. The Bertz CT molecular complexity index is 853. The third-order valence-corrected chi connectivity index (χ3v) is 3.97. The van der Waals surface area contributed by atoms with Crippen molar-refractivity contribution in [2.24, 2.45) is 7.05 Å². The van der Waals surface area contributed by atoms with Crippen molar-refractivity contribution in [2.75, 3.05) is 6.54 Å². The zero-order valence-corrected chi connectivity index (χ0v) is 13.1. The van der Waals surface area contributed by atoms with Crippen LogP contribution in [0.1, 0.15) is 21.7 Å². The van der Waals surface area contributed by atoms with Gasteiger partial charge in [0.25, 0.3) is 5.91 Å². The molecular weight excluding hydrogens is 293 g/mol. The van der Waals surface area contributed by atoms with E-state index >= 15 is 0 Å². The van der Waals surface area contributed by atoms with Gasteiger partial charge in [0.05, 0.1) is 11.0 Å². The molecule has 0 aliphatic heterocycles. The summed E-state index contributed by atoms with van der Waals surface area (Å²) in [7, 11) is 1.99. The fourth-order valence-corrected chi connectivity index (χ4v) is 2.55. The number of hydrogen-bond donors (Lipinski definition) is 1. The molecule has 2 aromatic carbocycles. The standard InChI is InChI=1S/C18H18FN3O/c1-12-21-16-11-13(3-8-17(16)22(12)2)9-10-20-18(23)14-4-6-15(19)7-5-14/h3-8,11H,9-10H2,1-2H3,(H,20,23). The number of amides is 1. The molecule has 3 rings (SSSR count). The average Bonchev–Trinajstić information content (AvgIpc) is 2.82. The van der Waals surface area contributed by atoms with E-state index in [9.17, 15) is 9.18 Å². The molecule has 0 aliphatic carbocycles. The van der Waals surface area contributed by atoms with Crippen molar-refractivity contribution in [3.63, 3.8) is 0 Å². The average molecular weight is 311 g/mol. The van der Waals surface area contributed by atoms with Gasteiger partial charge in [0.15, 0.2) is 0 Å². The number of aryl methyl sites for hydroxylation is 2. The molecule has 0 saturated carbocycles. The normalized spacial score (nSPS) is 10.9. The molecule has 1 aromatic heterocycles. The maximum absolute atomic E-state index is 12.8. The van der Waals surface area contributed by atoms with Crippen LogP contribution in [0.2, 0.25) is 0 Å². The number of benzene rings is 2. The van der Waals surface area contributed by atoms with Crippen molar-refractivity contribution >= 4 is 16.9 Å². The van der Waals surface area contributed by atoms with Crippen LogP contribution in [0.4, 0.5) is 4.39 Å². The molecule has 0 spiro atoms. The Hall–Kier alpha value is -2.69. The molecule has 0 atom stereocenters. The fraction of sp³-hybridized carbons (Fsp3) is 0.222. The van der Waals surface area contributed by atoms with Gasteiger partial charge in [-0.2, -0.15) is 0 Å². The van der Waals surface area contributed by atoms with Gasteiger partial charge >= 0.3 is 0 Å². The predicted octanol–water partition coefficient (Wildman–Crippen LogP) is 2.99. The third-order valence-electron chi connectivity index (χ3n) is 3.97. The lowest BCUT2D eigenvalue weighted by atomic mass is 10.1. The molecule has 0 radical (unpaired) electrons. The second-order valence-electron chi connectivity index (χ2n) is 5.55. The molecular formula is C18H18FN3O. The first-order chi connectivity index (χ1) is 11.0. The van der Waals surface area contributed by atoms with E-state index in [-0.39, 0.29) is 11.7 Å². The van der Waals surface area contributed by atoms with Crippen LogP contribution < -0.4 is 5.32 Å². The van der Waals surface area contributed by atoms with E-state index in [1.54, 1.807) is 0 Å². The van der Waals surface area contributed by atoms with Crippen LogP contribution in [0.15, 0.2) is 42.5 Å². The summed E-state index contributed by atoms with van der Waals surface area (Å²) >= 11 is 0. The molecule has 0 unspecified atom stereocenters. The van der Waals surface area contributed by atoms with E-state index in [1.165, 1.54) is 24.3 Å². The van der Waals surface area contributed by atoms with Crippen molar-refractivity contribution < 1.29 is 9.18 Å². The zero-order valence-electron chi connectivity index (χ0n) is 13.1. The molecule has 4 nitrogen and oxygen atoms in total. The van der Waals surface area contributed by atoms with Crippen LogP contribution in [-0.2, 0) is 13.5 Å². The van der Waals surface area contributed by atoms with Crippen molar-refractivity contribution in [1.29, 1.82) is 0 Å². The smallest absolute Gasteiger partial charge is 0.251 e. The highest BCUT2D eigenvalue weighted by molar-refractivity contribution is 5.94. The minimum absolute atomic E-state index is 0.195. The van der Waals surface area contributed by atoms with Crippen molar-refractivity contribution in [3.05, 3.63) is 65.2 Å². The number of nitrogens with zero attached hydrogens (tertiary/aromatic N) is 2. The van der Waals surface area contributed by atoms with E-state index in [1.807, 2.05) is 32.2 Å². The van der Waals surface area contributed by atoms with E-state index < -0.39 is 0 Å². The van der Waals surface area contributed by atoms with Crippen LogP contribution in [-0.4, -0.2) is 22.0 Å². The second kappa shape index (κ2) is 6.20. The van der Waals surface area contributed by atoms with Crippen LogP contribution in [0.25, 0.3) is 11.0 Å². The Morgan fingerprint density at radius 1 is 1.22 bits per heavy atom. The van der Waals surface area contributed by atoms with Gasteiger partial charge in [0.2, 0.25) is 0 Å². The van der Waals surface area contributed by atoms with Gasteiger partial charge in [0, 0.05) is 19.2 Å². The topological polar surface area (TPSA) is 46.9 Å². The van der Waals surface area contributed by atoms with Gasteiger partial charge in [-0.3, -0.25) is 4.79 Å². The summed E-state index contributed by atoms with van der Waals surface area (Å²) in [6.45, 7) is 2.50. The lowest BCUT2D eigenvalue weighted by Gasteiger charge is -2.06. The lowest BCUT2D eigenvalue weighted by Crippen LogP contribution is -2.25. The second-order valence-corrected chi connectivity index (χ2v) is 5.55. The van der Waals surface area contributed by atoms with E-state index in [0.717, 1.165) is 28.8 Å². The SMILES string of the molecule is Cc1nc2cc(CCNC(=O)c3ccc(F)cc3)ccc2n1C. The van der Waals surface area contributed by atoms with Crippen LogP contribution in [0.3, 0.4) is 0 Å². The molecule has 23 heavy (non-hydrogen) atoms. The van der Waals surface area contributed by atoms with Gasteiger partial charge in [-0.1, -0.05) is 6.07 Å². The fourth-order valence-electron chi connectivity index (χ4n) is 2.55. The first kappa shape index (κ1) is 15.2. The van der Waals surface area contributed by atoms with E-state index in [2.05, 4.69) is 14.9 Å². The molecule has 0 fully saturated rings. The Labute approximate surface area is 134 Å². The summed E-state index contributed by atoms with van der Waals surface area (Å²) in [6, 6.07) is 11.7. The Balaban J connectivity index is 1.62. The predicted molar refractivity (Wildman–Crippen MR) is 87.9 cm³/mol. The van der Waals surface area contributed by atoms with Crippen LogP contribution in [0.5, 0.6) is 0 Å². The van der Waals surface area contributed by atoms with Gasteiger partial charge < -0.3 is 9.88 Å². The molecule has 1 heterocycles. The highest BCUT2D eigenvalue weighted by Crippen LogP contribution is 2.16. The van der Waals surface area contributed by atoms with E-state index in [0.29, 0.717) is 12.1 Å². The number of carbonyl (C=O) groups is 1. The summed E-state index contributed by atoms with van der Waals surface area (Å²) in [5, 5.41) is 2.84.